The molecule has 17 heavy (non-hydrogen) atoms. The van der Waals surface area contributed by atoms with Crippen LogP contribution in [0, 0.1) is 5.82 Å². The van der Waals surface area contributed by atoms with E-state index in [0.717, 1.165) is 6.42 Å². The Hall–Kier alpha value is -0.450. The van der Waals surface area contributed by atoms with Crippen molar-refractivity contribution in [2.45, 2.75) is 31.9 Å². The Morgan fingerprint density at radius 3 is 2.53 bits per heavy atom. The highest BCUT2D eigenvalue weighted by Gasteiger charge is 2.36. The van der Waals surface area contributed by atoms with Crippen molar-refractivity contribution in [1.82, 2.24) is 4.90 Å². The average molecular weight is 304 g/mol. The van der Waals surface area contributed by atoms with E-state index in [1.54, 1.807) is 18.2 Å². The minimum atomic E-state index is -0.861. The maximum Gasteiger partial charge on any atom is 0.143 e. The number of rotatable bonds is 4. The van der Waals surface area contributed by atoms with Crippen LogP contribution >= 0.6 is 15.9 Å². The molecule has 0 fully saturated rings. The molecule has 0 amide bonds. The number of aliphatic hydroxyl groups excluding tert-OH is 1. The van der Waals surface area contributed by atoms with E-state index in [1.807, 2.05) is 32.8 Å². The molecular formula is C13H19BrFNO. The van der Waals surface area contributed by atoms with Crippen LogP contribution in [0.3, 0.4) is 0 Å². The monoisotopic (exact) mass is 303 g/mol. The molecular weight excluding hydrogens is 285 g/mol. The summed E-state index contributed by atoms with van der Waals surface area (Å²) in [6, 6.07) is 4.99. The van der Waals surface area contributed by atoms with Crippen LogP contribution in [0.1, 0.15) is 31.9 Å². The van der Waals surface area contributed by atoms with Crippen molar-refractivity contribution in [1.29, 1.82) is 0 Å². The smallest absolute Gasteiger partial charge is 0.143 e. The van der Waals surface area contributed by atoms with E-state index >= 15 is 0 Å². The Kier molecular flexibility index (Phi) is 4.69. The Morgan fingerprint density at radius 2 is 2.06 bits per heavy atom. The first-order valence-corrected chi connectivity index (χ1v) is 6.43. The van der Waals surface area contributed by atoms with Gasteiger partial charge in [-0.15, -0.1) is 0 Å². The van der Waals surface area contributed by atoms with Crippen molar-refractivity contribution >= 4 is 15.9 Å². The van der Waals surface area contributed by atoms with Gasteiger partial charge in [0.25, 0.3) is 0 Å². The van der Waals surface area contributed by atoms with Crippen LogP contribution in [0.4, 0.5) is 4.39 Å². The van der Waals surface area contributed by atoms with Gasteiger partial charge in [-0.05, 0) is 49.4 Å². The number of likely N-dealkylation sites (N-methyl/N-ethyl adjacent to an activating group) is 1. The van der Waals surface area contributed by atoms with Crippen molar-refractivity contribution in [3.8, 4) is 0 Å². The molecule has 0 aromatic heterocycles. The lowest BCUT2D eigenvalue weighted by atomic mass is 9.85. The summed E-state index contributed by atoms with van der Waals surface area (Å²) in [6.07, 6.45) is -0.132. The van der Waals surface area contributed by atoms with Gasteiger partial charge in [-0.1, -0.05) is 19.1 Å². The predicted molar refractivity (Wildman–Crippen MR) is 71.4 cm³/mol. The Balaban J connectivity index is 3.19. The number of halogens is 2. The van der Waals surface area contributed by atoms with Gasteiger partial charge in [0, 0.05) is 11.1 Å². The Bertz CT molecular complexity index is 397. The van der Waals surface area contributed by atoms with Gasteiger partial charge >= 0.3 is 0 Å². The number of aliphatic hydroxyl groups is 1. The first-order chi connectivity index (χ1) is 7.84. The molecule has 0 saturated heterocycles. The molecule has 96 valence electrons. The summed E-state index contributed by atoms with van der Waals surface area (Å²) in [7, 11) is 3.78. The first-order valence-electron chi connectivity index (χ1n) is 5.64. The maximum absolute atomic E-state index is 14.0. The largest absolute Gasteiger partial charge is 0.386 e. The van der Waals surface area contributed by atoms with Crippen LogP contribution in [0.5, 0.6) is 0 Å². The molecule has 1 aromatic rings. The van der Waals surface area contributed by atoms with Crippen molar-refractivity contribution in [3.05, 3.63) is 34.1 Å². The summed E-state index contributed by atoms with van der Waals surface area (Å²) in [5.74, 6) is -0.387. The second kappa shape index (κ2) is 5.46. The van der Waals surface area contributed by atoms with Crippen LogP contribution in [0.15, 0.2) is 22.7 Å². The molecule has 2 atom stereocenters. The number of hydrogen-bond donors (Lipinski definition) is 1. The lowest BCUT2D eigenvalue weighted by Crippen LogP contribution is -2.46. The van der Waals surface area contributed by atoms with Crippen molar-refractivity contribution < 1.29 is 9.50 Å². The third-order valence-corrected chi connectivity index (χ3v) is 4.22. The fourth-order valence-corrected chi connectivity index (χ4v) is 2.20. The van der Waals surface area contributed by atoms with E-state index in [-0.39, 0.29) is 5.82 Å². The van der Waals surface area contributed by atoms with Gasteiger partial charge in [-0.25, -0.2) is 4.39 Å². The van der Waals surface area contributed by atoms with Gasteiger partial charge in [0.1, 0.15) is 5.82 Å². The lowest BCUT2D eigenvalue weighted by molar-refractivity contribution is -0.00124. The van der Waals surface area contributed by atoms with Crippen molar-refractivity contribution in [2.24, 2.45) is 0 Å². The molecule has 4 heteroatoms. The predicted octanol–water partition coefficient (Wildman–Crippen LogP) is 3.35. The van der Waals surface area contributed by atoms with Crippen LogP contribution in [0.2, 0.25) is 0 Å². The van der Waals surface area contributed by atoms with Crippen LogP contribution < -0.4 is 0 Å². The fraction of sp³-hybridized carbons (Fsp3) is 0.538. The molecule has 0 aliphatic carbocycles. The molecule has 1 rings (SSSR count). The highest BCUT2D eigenvalue weighted by Crippen LogP contribution is 2.35. The van der Waals surface area contributed by atoms with Gasteiger partial charge in [0.2, 0.25) is 0 Å². The zero-order valence-corrected chi connectivity index (χ0v) is 12.3. The van der Waals surface area contributed by atoms with Gasteiger partial charge in [0.15, 0.2) is 0 Å². The van der Waals surface area contributed by atoms with E-state index in [0.29, 0.717) is 10.0 Å². The number of benzene rings is 1. The molecule has 0 aliphatic rings. The normalized spacial score (nSPS) is 16.9. The number of hydrogen-bond acceptors (Lipinski definition) is 2. The maximum atomic E-state index is 14.0. The SMILES string of the molecule is CCC(C)(C(O)c1cccc(Br)c1F)N(C)C. The van der Waals surface area contributed by atoms with Gasteiger partial charge in [0.05, 0.1) is 10.6 Å². The zero-order chi connectivity index (χ0) is 13.2. The second-order valence-corrected chi connectivity index (χ2v) is 5.51. The summed E-state index contributed by atoms with van der Waals surface area (Å²) in [4.78, 5) is 1.93. The molecule has 2 nitrogen and oxygen atoms in total. The summed E-state index contributed by atoms with van der Waals surface area (Å²) in [5, 5.41) is 10.4. The second-order valence-electron chi connectivity index (χ2n) is 4.65. The van der Waals surface area contributed by atoms with Gasteiger partial charge in [-0.3, -0.25) is 0 Å². The quantitative estimate of drug-likeness (QED) is 0.922. The molecule has 1 N–H and O–H groups in total. The van der Waals surface area contributed by atoms with E-state index in [4.69, 9.17) is 0 Å². The minimum Gasteiger partial charge on any atom is -0.386 e. The highest BCUT2D eigenvalue weighted by molar-refractivity contribution is 9.10. The van der Waals surface area contributed by atoms with Crippen LogP contribution in [-0.2, 0) is 0 Å². The molecule has 0 saturated carbocycles. The fourth-order valence-electron chi connectivity index (χ4n) is 1.82. The average Bonchev–Trinajstić information content (AvgIpc) is 2.30. The van der Waals surface area contributed by atoms with E-state index < -0.39 is 11.6 Å². The van der Waals surface area contributed by atoms with Crippen molar-refractivity contribution in [2.75, 3.05) is 14.1 Å². The summed E-state index contributed by atoms with van der Waals surface area (Å²) < 4.78 is 14.3. The number of nitrogens with zero attached hydrogens (tertiary/aromatic N) is 1. The standard InChI is InChI=1S/C13H19BrFNO/c1-5-13(2,16(3)4)12(17)9-7-6-8-10(14)11(9)15/h6-8,12,17H,5H2,1-4H3. The third-order valence-electron chi connectivity index (χ3n) is 3.60. The molecule has 0 aliphatic heterocycles. The molecule has 0 heterocycles. The molecule has 1 aromatic carbocycles. The first kappa shape index (κ1) is 14.6. The molecule has 0 spiro atoms. The molecule has 0 bridgehead atoms. The van der Waals surface area contributed by atoms with E-state index in [1.165, 1.54) is 0 Å². The van der Waals surface area contributed by atoms with Gasteiger partial charge in [-0.2, -0.15) is 0 Å². The topological polar surface area (TPSA) is 23.5 Å². The minimum absolute atomic E-state index is 0.331. The summed E-state index contributed by atoms with van der Waals surface area (Å²) in [5.41, 5.74) is -0.154. The molecule has 0 radical (unpaired) electrons. The summed E-state index contributed by atoms with van der Waals surface area (Å²) in [6.45, 7) is 3.91. The lowest BCUT2D eigenvalue weighted by Gasteiger charge is -2.40. The summed E-state index contributed by atoms with van der Waals surface area (Å²) >= 11 is 3.14. The highest BCUT2D eigenvalue weighted by atomic mass is 79.9. The van der Waals surface area contributed by atoms with Crippen LogP contribution in [-0.4, -0.2) is 29.6 Å². The third kappa shape index (κ3) is 2.69. The van der Waals surface area contributed by atoms with Crippen LogP contribution in [0.25, 0.3) is 0 Å². The van der Waals surface area contributed by atoms with E-state index in [9.17, 15) is 9.50 Å². The van der Waals surface area contributed by atoms with Crippen molar-refractivity contribution in [3.63, 3.8) is 0 Å². The Labute approximate surface area is 111 Å². The van der Waals surface area contributed by atoms with E-state index in [2.05, 4.69) is 15.9 Å². The molecule has 2 unspecified atom stereocenters. The van der Waals surface area contributed by atoms with Gasteiger partial charge < -0.3 is 10.0 Å². The Morgan fingerprint density at radius 1 is 1.47 bits per heavy atom. The zero-order valence-electron chi connectivity index (χ0n) is 10.7.